The third-order valence-electron chi connectivity index (χ3n) is 3.72. The molecule has 118 valence electrons. The molecule has 0 saturated heterocycles. The van der Waals surface area contributed by atoms with Gasteiger partial charge >= 0.3 is 0 Å². The Morgan fingerprint density at radius 3 is 2.88 bits per heavy atom. The minimum atomic E-state index is -0.0935. The number of para-hydroxylation sites is 2. The SMILES string of the molecule is Cc1nc2ccccc2n1C(=O)c1cccc(Nc2nccs2)c1. The summed E-state index contributed by atoms with van der Waals surface area (Å²) in [7, 11) is 0. The van der Waals surface area contributed by atoms with E-state index in [1.807, 2.05) is 60.8 Å². The van der Waals surface area contributed by atoms with Gasteiger partial charge in [-0.25, -0.2) is 9.97 Å². The van der Waals surface area contributed by atoms with Gasteiger partial charge in [-0.3, -0.25) is 9.36 Å². The van der Waals surface area contributed by atoms with Gasteiger partial charge in [0.15, 0.2) is 5.13 Å². The number of nitrogens with zero attached hydrogens (tertiary/aromatic N) is 3. The van der Waals surface area contributed by atoms with Crippen molar-refractivity contribution in [2.75, 3.05) is 5.32 Å². The number of fused-ring (bicyclic) bond motifs is 1. The van der Waals surface area contributed by atoms with Crippen LogP contribution in [0.3, 0.4) is 0 Å². The zero-order valence-corrected chi connectivity index (χ0v) is 13.7. The lowest BCUT2D eigenvalue weighted by atomic mass is 10.2. The van der Waals surface area contributed by atoms with Crippen molar-refractivity contribution in [1.82, 2.24) is 14.5 Å². The molecular formula is C18H14N4OS. The molecule has 4 aromatic rings. The minimum absolute atomic E-state index is 0.0935. The van der Waals surface area contributed by atoms with Gasteiger partial charge in [-0.1, -0.05) is 18.2 Å². The lowest BCUT2D eigenvalue weighted by Gasteiger charge is -2.08. The third-order valence-corrected chi connectivity index (χ3v) is 4.41. The van der Waals surface area contributed by atoms with Gasteiger partial charge in [0.2, 0.25) is 0 Å². The van der Waals surface area contributed by atoms with Crippen LogP contribution >= 0.6 is 11.3 Å². The number of thiazole rings is 1. The predicted molar refractivity (Wildman–Crippen MR) is 96.0 cm³/mol. The van der Waals surface area contributed by atoms with Crippen molar-refractivity contribution in [3.8, 4) is 0 Å². The molecule has 2 heterocycles. The Morgan fingerprint density at radius 1 is 1.17 bits per heavy atom. The van der Waals surface area contributed by atoms with E-state index in [0.29, 0.717) is 11.4 Å². The van der Waals surface area contributed by atoms with E-state index >= 15 is 0 Å². The fraction of sp³-hybridized carbons (Fsp3) is 0.0556. The van der Waals surface area contributed by atoms with E-state index in [-0.39, 0.29) is 5.91 Å². The summed E-state index contributed by atoms with van der Waals surface area (Å²) < 4.78 is 1.65. The van der Waals surface area contributed by atoms with Crippen LogP contribution in [0.2, 0.25) is 0 Å². The largest absolute Gasteiger partial charge is 0.332 e. The van der Waals surface area contributed by atoms with Gasteiger partial charge in [-0.05, 0) is 37.3 Å². The number of aryl methyl sites for hydroxylation is 1. The Bertz CT molecular complexity index is 1020. The first kappa shape index (κ1) is 14.6. The molecule has 0 aliphatic rings. The average Bonchev–Trinajstić information content (AvgIpc) is 3.21. The molecule has 0 aliphatic carbocycles. The highest BCUT2D eigenvalue weighted by atomic mass is 32.1. The first-order chi connectivity index (χ1) is 11.7. The van der Waals surface area contributed by atoms with Crippen molar-refractivity contribution in [1.29, 1.82) is 0 Å². The Morgan fingerprint density at radius 2 is 2.04 bits per heavy atom. The summed E-state index contributed by atoms with van der Waals surface area (Å²) in [6.45, 7) is 1.84. The third kappa shape index (κ3) is 2.57. The molecule has 2 aromatic heterocycles. The fourth-order valence-corrected chi connectivity index (χ4v) is 3.22. The summed E-state index contributed by atoms with van der Waals surface area (Å²) in [5.41, 5.74) is 3.07. The summed E-state index contributed by atoms with van der Waals surface area (Å²) >= 11 is 1.51. The summed E-state index contributed by atoms with van der Waals surface area (Å²) in [6.07, 6.45) is 1.74. The molecule has 24 heavy (non-hydrogen) atoms. The number of rotatable bonds is 3. The van der Waals surface area contributed by atoms with Gasteiger partial charge in [-0.15, -0.1) is 11.3 Å². The first-order valence-electron chi connectivity index (χ1n) is 7.48. The van der Waals surface area contributed by atoms with Gasteiger partial charge in [0, 0.05) is 22.8 Å². The van der Waals surface area contributed by atoms with Crippen molar-refractivity contribution in [3.05, 3.63) is 71.5 Å². The molecule has 0 spiro atoms. The molecule has 0 fully saturated rings. The van der Waals surface area contributed by atoms with Crippen LogP contribution < -0.4 is 5.32 Å². The molecule has 0 amide bonds. The molecule has 2 aromatic carbocycles. The zero-order valence-electron chi connectivity index (χ0n) is 12.9. The molecular weight excluding hydrogens is 320 g/mol. The predicted octanol–water partition coefficient (Wildman–Crippen LogP) is 4.23. The molecule has 0 radical (unpaired) electrons. The summed E-state index contributed by atoms with van der Waals surface area (Å²) in [5.74, 6) is 0.587. The fourth-order valence-electron chi connectivity index (χ4n) is 2.67. The second kappa shape index (κ2) is 5.90. The normalized spacial score (nSPS) is 10.9. The minimum Gasteiger partial charge on any atom is -0.332 e. The van der Waals surface area contributed by atoms with Gasteiger partial charge in [0.1, 0.15) is 5.82 Å². The maximum absolute atomic E-state index is 13.0. The summed E-state index contributed by atoms with van der Waals surface area (Å²) in [4.78, 5) is 21.6. The van der Waals surface area contributed by atoms with Crippen molar-refractivity contribution >= 4 is 39.1 Å². The number of anilines is 2. The molecule has 0 atom stereocenters. The van der Waals surface area contributed by atoms with E-state index in [1.165, 1.54) is 11.3 Å². The van der Waals surface area contributed by atoms with E-state index in [2.05, 4.69) is 15.3 Å². The highest BCUT2D eigenvalue weighted by Crippen LogP contribution is 2.22. The number of carbonyl (C=O) groups is 1. The number of aromatic nitrogens is 3. The van der Waals surface area contributed by atoms with Crippen molar-refractivity contribution < 1.29 is 4.79 Å². The van der Waals surface area contributed by atoms with Gasteiger partial charge < -0.3 is 5.32 Å². The van der Waals surface area contributed by atoms with E-state index in [4.69, 9.17) is 0 Å². The highest BCUT2D eigenvalue weighted by molar-refractivity contribution is 7.13. The molecule has 5 nitrogen and oxygen atoms in total. The summed E-state index contributed by atoms with van der Waals surface area (Å²) in [5, 5.41) is 5.90. The van der Waals surface area contributed by atoms with Crippen LogP contribution in [0.25, 0.3) is 11.0 Å². The molecule has 0 bridgehead atoms. The highest BCUT2D eigenvalue weighted by Gasteiger charge is 2.16. The number of hydrogen-bond donors (Lipinski definition) is 1. The van der Waals surface area contributed by atoms with Gasteiger partial charge in [0.05, 0.1) is 11.0 Å². The number of benzene rings is 2. The standard InChI is InChI=1S/C18H14N4OS/c1-12-20-15-7-2-3-8-16(15)22(12)17(23)13-5-4-6-14(11-13)21-18-19-9-10-24-18/h2-11H,1H3,(H,19,21). The Kier molecular flexibility index (Phi) is 3.59. The molecule has 4 rings (SSSR count). The van der Waals surface area contributed by atoms with Gasteiger partial charge in [-0.2, -0.15) is 0 Å². The lowest BCUT2D eigenvalue weighted by molar-refractivity contribution is 0.0962. The van der Waals surface area contributed by atoms with Crippen LogP contribution in [-0.2, 0) is 0 Å². The zero-order chi connectivity index (χ0) is 16.5. The number of nitrogens with one attached hydrogen (secondary N) is 1. The monoisotopic (exact) mass is 334 g/mol. The Hall–Kier alpha value is -2.99. The summed E-state index contributed by atoms with van der Waals surface area (Å²) in [6, 6.07) is 15.1. The maximum atomic E-state index is 13.0. The quantitative estimate of drug-likeness (QED) is 0.609. The second-order valence-corrected chi connectivity index (χ2v) is 6.23. The number of imidazole rings is 1. The second-order valence-electron chi connectivity index (χ2n) is 5.33. The van der Waals surface area contributed by atoms with Crippen LogP contribution in [0.1, 0.15) is 16.2 Å². The van der Waals surface area contributed by atoms with Crippen molar-refractivity contribution in [2.24, 2.45) is 0 Å². The van der Waals surface area contributed by atoms with Crippen molar-refractivity contribution in [2.45, 2.75) is 6.92 Å². The smallest absolute Gasteiger partial charge is 0.263 e. The van der Waals surface area contributed by atoms with E-state index < -0.39 is 0 Å². The van der Waals surface area contributed by atoms with E-state index in [9.17, 15) is 4.79 Å². The Labute approximate surface area is 142 Å². The van der Waals surface area contributed by atoms with Crippen molar-refractivity contribution in [3.63, 3.8) is 0 Å². The molecule has 0 saturated carbocycles. The van der Waals surface area contributed by atoms with E-state index in [1.54, 1.807) is 10.8 Å². The maximum Gasteiger partial charge on any atom is 0.263 e. The molecule has 0 unspecified atom stereocenters. The topological polar surface area (TPSA) is 59.8 Å². The van der Waals surface area contributed by atoms with Gasteiger partial charge in [0.25, 0.3) is 5.91 Å². The number of carbonyl (C=O) groups excluding carboxylic acids is 1. The molecule has 0 aliphatic heterocycles. The first-order valence-corrected chi connectivity index (χ1v) is 8.36. The average molecular weight is 334 g/mol. The lowest BCUT2D eigenvalue weighted by Crippen LogP contribution is -2.13. The molecule has 6 heteroatoms. The van der Waals surface area contributed by atoms with Crippen LogP contribution in [0.5, 0.6) is 0 Å². The van der Waals surface area contributed by atoms with Crippen LogP contribution in [0.15, 0.2) is 60.1 Å². The molecule has 1 N–H and O–H groups in total. The van der Waals surface area contributed by atoms with Crippen LogP contribution in [0, 0.1) is 6.92 Å². The number of hydrogen-bond acceptors (Lipinski definition) is 5. The van der Waals surface area contributed by atoms with E-state index in [0.717, 1.165) is 21.9 Å². The Balaban J connectivity index is 1.73. The van der Waals surface area contributed by atoms with Crippen LogP contribution in [0.4, 0.5) is 10.8 Å². The van der Waals surface area contributed by atoms with Crippen LogP contribution in [-0.4, -0.2) is 20.4 Å².